The molecule has 2 amide bonds. The van der Waals surface area contributed by atoms with Crippen LogP contribution in [0, 0.1) is 5.41 Å². The molecule has 6 heteroatoms. The molecule has 1 fully saturated rings. The molecule has 2 N–H and O–H groups in total. The summed E-state index contributed by atoms with van der Waals surface area (Å²) in [6.45, 7) is 2.22. The van der Waals surface area contributed by atoms with E-state index in [4.69, 9.17) is 0 Å². The summed E-state index contributed by atoms with van der Waals surface area (Å²) in [6, 6.07) is 3.93. The van der Waals surface area contributed by atoms with E-state index >= 15 is 0 Å². The van der Waals surface area contributed by atoms with Crippen LogP contribution in [0.5, 0.6) is 0 Å². The van der Waals surface area contributed by atoms with Crippen LogP contribution in [0.25, 0.3) is 0 Å². The predicted octanol–water partition coefficient (Wildman–Crippen LogP) is 2.58. The van der Waals surface area contributed by atoms with Gasteiger partial charge in [-0.1, -0.05) is 12.5 Å². The molecule has 116 valence electrons. The average molecular weight is 310 g/mol. The first-order chi connectivity index (χ1) is 9.94. The average Bonchev–Trinajstić information content (AvgIpc) is 2.88. The Hall–Kier alpha value is -1.56. The highest BCUT2D eigenvalue weighted by atomic mass is 32.1. The van der Waals surface area contributed by atoms with Crippen molar-refractivity contribution < 1.29 is 14.7 Å². The minimum Gasteiger partial charge on any atom is -0.481 e. The molecule has 1 aliphatic carbocycles. The van der Waals surface area contributed by atoms with E-state index in [1.807, 2.05) is 18.4 Å². The zero-order valence-electron chi connectivity index (χ0n) is 12.5. The van der Waals surface area contributed by atoms with E-state index in [1.54, 1.807) is 23.3 Å². The molecule has 1 heterocycles. The quantitative estimate of drug-likeness (QED) is 0.848. The van der Waals surface area contributed by atoms with Crippen molar-refractivity contribution in [2.75, 3.05) is 13.6 Å². The second-order valence-corrected chi connectivity index (χ2v) is 6.87. The van der Waals surface area contributed by atoms with Gasteiger partial charge in [0.1, 0.15) is 0 Å². The van der Waals surface area contributed by atoms with E-state index in [0.717, 1.165) is 12.8 Å². The van der Waals surface area contributed by atoms with Gasteiger partial charge in [-0.25, -0.2) is 4.79 Å². The number of carboxylic acids is 1. The minimum absolute atomic E-state index is 0.0748. The molecule has 2 rings (SSSR count). The van der Waals surface area contributed by atoms with Crippen LogP contribution in [0.1, 0.15) is 31.1 Å². The fourth-order valence-electron chi connectivity index (χ4n) is 2.50. The summed E-state index contributed by atoms with van der Waals surface area (Å²) in [5.74, 6) is -0.802. The van der Waals surface area contributed by atoms with Crippen LogP contribution in [-0.4, -0.2) is 41.6 Å². The molecular formula is C15H22N2O3S. The van der Waals surface area contributed by atoms with Gasteiger partial charge in [-0.15, -0.1) is 11.3 Å². The number of rotatable bonds is 6. The predicted molar refractivity (Wildman–Crippen MR) is 82.6 cm³/mol. The Labute approximate surface area is 129 Å². The van der Waals surface area contributed by atoms with E-state index in [2.05, 4.69) is 11.4 Å². The third kappa shape index (κ3) is 3.56. The summed E-state index contributed by atoms with van der Waals surface area (Å²) in [4.78, 5) is 26.3. The molecule has 1 atom stereocenters. The Kier molecular flexibility index (Phi) is 4.88. The largest absolute Gasteiger partial charge is 0.481 e. The lowest BCUT2D eigenvalue weighted by atomic mass is 9.69. The van der Waals surface area contributed by atoms with Gasteiger partial charge in [-0.3, -0.25) is 4.79 Å². The van der Waals surface area contributed by atoms with Crippen LogP contribution < -0.4 is 5.32 Å². The van der Waals surface area contributed by atoms with E-state index in [0.29, 0.717) is 12.8 Å². The van der Waals surface area contributed by atoms with Crippen LogP contribution in [0.4, 0.5) is 4.79 Å². The summed E-state index contributed by atoms with van der Waals surface area (Å²) in [6.07, 6.45) is 3.03. The molecular weight excluding hydrogens is 288 g/mol. The number of carboxylic acid groups (broad SMARTS) is 1. The van der Waals surface area contributed by atoms with Crippen LogP contribution in [0.2, 0.25) is 0 Å². The molecule has 0 bridgehead atoms. The molecule has 1 saturated carbocycles. The van der Waals surface area contributed by atoms with Crippen LogP contribution in [0.15, 0.2) is 17.5 Å². The Balaban J connectivity index is 1.83. The number of nitrogens with zero attached hydrogens (tertiary/aromatic N) is 1. The van der Waals surface area contributed by atoms with Gasteiger partial charge in [0.2, 0.25) is 0 Å². The molecule has 0 aliphatic heterocycles. The highest BCUT2D eigenvalue weighted by Gasteiger charge is 2.44. The second-order valence-electron chi connectivity index (χ2n) is 5.84. The van der Waals surface area contributed by atoms with Gasteiger partial charge >= 0.3 is 12.0 Å². The van der Waals surface area contributed by atoms with E-state index in [1.165, 1.54) is 4.88 Å². The molecule has 1 aliphatic rings. The Bertz CT molecular complexity index is 497. The number of nitrogens with one attached hydrogen (secondary N) is 1. The third-order valence-electron chi connectivity index (χ3n) is 4.40. The van der Waals surface area contributed by atoms with Gasteiger partial charge < -0.3 is 15.3 Å². The highest BCUT2D eigenvalue weighted by Crippen LogP contribution is 2.40. The molecule has 1 aromatic rings. The number of hydrogen-bond acceptors (Lipinski definition) is 3. The van der Waals surface area contributed by atoms with Crippen LogP contribution in [-0.2, 0) is 11.2 Å². The van der Waals surface area contributed by atoms with Crippen LogP contribution >= 0.6 is 11.3 Å². The van der Waals surface area contributed by atoms with Crippen LogP contribution in [0.3, 0.4) is 0 Å². The second kappa shape index (κ2) is 6.47. The molecule has 1 aromatic heterocycles. The molecule has 0 spiro atoms. The van der Waals surface area contributed by atoms with Crippen molar-refractivity contribution in [2.24, 2.45) is 5.41 Å². The van der Waals surface area contributed by atoms with Gasteiger partial charge in [0.25, 0.3) is 0 Å². The smallest absolute Gasteiger partial charge is 0.317 e. The topological polar surface area (TPSA) is 69.6 Å². The molecule has 5 nitrogen and oxygen atoms in total. The molecule has 0 aromatic carbocycles. The lowest BCUT2D eigenvalue weighted by Crippen LogP contribution is -2.51. The summed E-state index contributed by atoms with van der Waals surface area (Å²) < 4.78 is 0. The Morgan fingerprint density at radius 1 is 1.52 bits per heavy atom. The van der Waals surface area contributed by atoms with E-state index < -0.39 is 11.4 Å². The first-order valence-corrected chi connectivity index (χ1v) is 8.09. The lowest BCUT2D eigenvalue weighted by Gasteiger charge is -2.38. The minimum atomic E-state index is -0.802. The Morgan fingerprint density at radius 3 is 2.71 bits per heavy atom. The van der Waals surface area contributed by atoms with Gasteiger partial charge in [-0.2, -0.15) is 0 Å². The number of urea groups is 1. The normalized spacial score (nSPS) is 17.6. The Morgan fingerprint density at radius 2 is 2.24 bits per heavy atom. The molecule has 21 heavy (non-hydrogen) atoms. The van der Waals surface area contributed by atoms with Crippen molar-refractivity contribution in [1.29, 1.82) is 0 Å². The number of carbonyl (C=O) groups is 2. The fraction of sp³-hybridized carbons (Fsp3) is 0.600. The van der Waals surface area contributed by atoms with Gasteiger partial charge in [0.15, 0.2) is 0 Å². The summed E-state index contributed by atoms with van der Waals surface area (Å²) in [7, 11) is 1.75. The molecule has 0 radical (unpaired) electrons. The molecule has 1 unspecified atom stereocenters. The van der Waals surface area contributed by atoms with Crippen molar-refractivity contribution in [3.8, 4) is 0 Å². The SMILES string of the molecule is CC(Cc1cccs1)N(C)C(=O)NCC1(C(=O)O)CCC1. The molecule has 0 saturated heterocycles. The van der Waals surface area contributed by atoms with Crippen molar-refractivity contribution in [2.45, 2.75) is 38.6 Å². The standard InChI is InChI=1S/C15H22N2O3S/c1-11(9-12-5-3-8-21-12)17(2)14(20)16-10-15(13(18)19)6-4-7-15/h3,5,8,11H,4,6-7,9-10H2,1-2H3,(H,16,20)(H,18,19). The van der Waals surface area contributed by atoms with Crippen molar-refractivity contribution >= 4 is 23.3 Å². The van der Waals surface area contributed by atoms with E-state index in [-0.39, 0.29) is 18.6 Å². The number of aliphatic carboxylic acids is 1. The van der Waals surface area contributed by atoms with E-state index in [9.17, 15) is 14.7 Å². The lowest BCUT2D eigenvalue weighted by molar-refractivity contribution is -0.153. The summed E-state index contributed by atoms with van der Waals surface area (Å²) >= 11 is 1.68. The number of hydrogen-bond donors (Lipinski definition) is 2. The monoisotopic (exact) mass is 310 g/mol. The van der Waals surface area contributed by atoms with Gasteiger partial charge in [-0.05, 0) is 31.2 Å². The first-order valence-electron chi connectivity index (χ1n) is 7.21. The highest BCUT2D eigenvalue weighted by molar-refractivity contribution is 7.09. The number of carbonyl (C=O) groups excluding carboxylic acids is 1. The maximum absolute atomic E-state index is 12.1. The zero-order chi connectivity index (χ0) is 15.5. The van der Waals surface area contributed by atoms with Crippen molar-refractivity contribution in [1.82, 2.24) is 10.2 Å². The van der Waals surface area contributed by atoms with Crippen molar-refractivity contribution in [3.63, 3.8) is 0 Å². The summed E-state index contributed by atoms with van der Waals surface area (Å²) in [5, 5.41) is 14.1. The number of likely N-dealkylation sites (N-methyl/N-ethyl adjacent to an activating group) is 1. The zero-order valence-corrected chi connectivity index (χ0v) is 13.3. The fourth-order valence-corrected chi connectivity index (χ4v) is 3.32. The maximum atomic E-state index is 12.1. The van der Waals surface area contributed by atoms with Gasteiger partial charge in [0.05, 0.1) is 5.41 Å². The third-order valence-corrected chi connectivity index (χ3v) is 5.30. The number of thiophene rings is 1. The van der Waals surface area contributed by atoms with Crippen molar-refractivity contribution in [3.05, 3.63) is 22.4 Å². The first kappa shape index (κ1) is 15.8. The maximum Gasteiger partial charge on any atom is 0.317 e. The summed E-state index contributed by atoms with van der Waals surface area (Å²) in [5.41, 5.74) is -0.743. The van der Waals surface area contributed by atoms with Gasteiger partial charge in [0, 0.05) is 30.9 Å². The number of amides is 2.